The van der Waals surface area contributed by atoms with Gasteiger partial charge in [-0.1, -0.05) is 6.07 Å². The predicted molar refractivity (Wildman–Crippen MR) is 108 cm³/mol. The lowest BCUT2D eigenvalue weighted by Gasteiger charge is -2.27. The van der Waals surface area contributed by atoms with Crippen LogP contribution in [0.25, 0.3) is 0 Å². The smallest absolute Gasteiger partial charge is 0.480 e. The van der Waals surface area contributed by atoms with Crippen molar-refractivity contribution >= 4 is 24.4 Å². The Morgan fingerprint density at radius 3 is 2.06 bits per heavy atom. The summed E-state index contributed by atoms with van der Waals surface area (Å²) in [5.74, 6) is -1.71. The topological polar surface area (TPSA) is 170 Å². The summed E-state index contributed by atoms with van der Waals surface area (Å²) >= 11 is 0. The Bertz CT molecular complexity index is 826. The lowest BCUT2D eigenvalue weighted by Crippen LogP contribution is -2.52. The molecule has 1 aromatic rings. The third-order valence-electron chi connectivity index (χ3n) is 3.98. The van der Waals surface area contributed by atoms with Crippen molar-refractivity contribution in [1.29, 1.82) is 0 Å². The number of rotatable bonds is 10. The number of methoxy groups -OCH3 is 1. The number of nitrogens with two attached hydrogens (primary N) is 1. The molecule has 0 spiro atoms. The van der Waals surface area contributed by atoms with Gasteiger partial charge in [-0.25, -0.2) is 14.4 Å². The average molecular weight is 457 g/mol. The van der Waals surface area contributed by atoms with Crippen molar-refractivity contribution in [2.45, 2.75) is 45.3 Å². The molecule has 0 fully saturated rings. The summed E-state index contributed by atoms with van der Waals surface area (Å²) in [4.78, 5) is 46.5. The van der Waals surface area contributed by atoms with Gasteiger partial charge in [0.1, 0.15) is 11.6 Å². The highest BCUT2D eigenvalue weighted by Crippen LogP contribution is 2.31. The minimum absolute atomic E-state index is 0.0373. The second kappa shape index (κ2) is 12.3. The van der Waals surface area contributed by atoms with Gasteiger partial charge in [0.15, 0.2) is 11.5 Å². The zero-order chi connectivity index (χ0) is 24.3. The van der Waals surface area contributed by atoms with E-state index in [1.807, 2.05) is 0 Å². The Balaban J connectivity index is 3.17. The minimum atomic E-state index is -1.85. The van der Waals surface area contributed by atoms with E-state index >= 15 is 0 Å². The van der Waals surface area contributed by atoms with Crippen LogP contribution >= 0.6 is 0 Å². The highest BCUT2D eigenvalue weighted by atomic mass is 16.7. The first-order chi connectivity index (χ1) is 15.0. The first kappa shape index (κ1) is 26.5. The quantitative estimate of drug-likeness (QED) is 0.299. The van der Waals surface area contributed by atoms with Gasteiger partial charge in [-0.05, 0) is 38.5 Å². The van der Waals surface area contributed by atoms with Gasteiger partial charge >= 0.3 is 24.4 Å². The van der Waals surface area contributed by atoms with Gasteiger partial charge in [0.05, 0.1) is 20.3 Å². The Hall–Kier alpha value is -3.54. The molecule has 0 saturated heterocycles. The second-order valence-electron chi connectivity index (χ2n) is 6.58. The van der Waals surface area contributed by atoms with Crippen LogP contribution in [0.1, 0.15) is 32.8 Å². The van der Waals surface area contributed by atoms with Crippen LogP contribution in [0, 0.1) is 0 Å². The van der Waals surface area contributed by atoms with E-state index in [-0.39, 0.29) is 37.6 Å². The second-order valence-corrected chi connectivity index (χ2v) is 6.58. The number of hydrogen-bond acceptors (Lipinski definition) is 11. The van der Waals surface area contributed by atoms with Crippen molar-refractivity contribution in [2.75, 3.05) is 20.3 Å². The molecule has 0 aliphatic heterocycles. The molecule has 32 heavy (non-hydrogen) atoms. The summed E-state index contributed by atoms with van der Waals surface area (Å²) < 4.78 is 28.8. The SMILES string of the molecule is CCOC(=O)Oc1ccc(CC(N)(C[C@H](C)OC(=O)OC)C(=O)O)cc1OC(=O)OCC. The molecule has 0 heterocycles. The van der Waals surface area contributed by atoms with Crippen LogP contribution in [-0.2, 0) is 30.2 Å². The summed E-state index contributed by atoms with van der Waals surface area (Å²) in [6, 6.07) is 4.00. The molecule has 178 valence electrons. The van der Waals surface area contributed by atoms with Crippen molar-refractivity contribution in [3.63, 3.8) is 0 Å². The van der Waals surface area contributed by atoms with Crippen molar-refractivity contribution in [3.8, 4) is 11.5 Å². The molecule has 1 unspecified atom stereocenters. The lowest BCUT2D eigenvalue weighted by molar-refractivity contribution is -0.144. The van der Waals surface area contributed by atoms with E-state index in [0.717, 1.165) is 7.11 Å². The molecule has 0 aliphatic carbocycles. The van der Waals surface area contributed by atoms with Crippen molar-refractivity contribution < 1.29 is 52.7 Å². The third kappa shape index (κ3) is 8.30. The minimum Gasteiger partial charge on any atom is -0.480 e. The normalized spacial score (nSPS) is 13.2. The maximum absolute atomic E-state index is 11.9. The van der Waals surface area contributed by atoms with E-state index in [0.29, 0.717) is 5.56 Å². The first-order valence-electron chi connectivity index (χ1n) is 9.63. The number of carboxylic acids is 1. The summed E-state index contributed by atoms with van der Waals surface area (Å²) in [5.41, 5.74) is 4.56. The van der Waals surface area contributed by atoms with Gasteiger partial charge in [0, 0.05) is 12.8 Å². The van der Waals surface area contributed by atoms with E-state index in [9.17, 15) is 24.3 Å². The standard InChI is InChI=1S/C20H27NO11/c1-5-28-18(25)31-14-8-7-13(9-15(14)32-19(26)29-6-2)11-20(21,16(22)23)10-12(3)30-17(24)27-4/h7-9,12H,5-6,10-11,21H2,1-4H3,(H,22,23)/t12-,20?/m0/s1. The fraction of sp³-hybridized carbons (Fsp3) is 0.500. The van der Waals surface area contributed by atoms with E-state index < -0.39 is 36.1 Å². The predicted octanol–water partition coefficient (Wildman–Crippen LogP) is 2.64. The largest absolute Gasteiger partial charge is 0.513 e. The maximum Gasteiger partial charge on any atom is 0.513 e. The number of ether oxygens (including phenoxy) is 6. The third-order valence-corrected chi connectivity index (χ3v) is 3.98. The van der Waals surface area contributed by atoms with Crippen LogP contribution in [0.3, 0.4) is 0 Å². The molecule has 12 heteroatoms. The zero-order valence-corrected chi connectivity index (χ0v) is 18.2. The molecular weight excluding hydrogens is 430 g/mol. The number of aliphatic carboxylic acids is 1. The van der Waals surface area contributed by atoms with E-state index in [4.69, 9.17) is 29.4 Å². The van der Waals surface area contributed by atoms with Crippen LogP contribution < -0.4 is 15.2 Å². The number of carbonyl (C=O) groups is 4. The Morgan fingerprint density at radius 2 is 1.56 bits per heavy atom. The molecule has 12 nitrogen and oxygen atoms in total. The van der Waals surface area contributed by atoms with E-state index in [1.54, 1.807) is 13.8 Å². The van der Waals surface area contributed by atoms with Gasteiger partial charge in [0.25, 0.3) is 0 Å². The van der Waals surface area contributed by atoms with E-state index in [2.05, 4.69) is 4.74 Å². The van der Waals surface area contributed by atoms with Crippen molar-refractivity contribution in [1.82, 2.24) is 0 Å². The van der Waals surface area contributed by atoms with Gasteiger partial charge in [-0.3, -0.25) is 4.79 Å². The molecule has 0 amide bonds. The van der Waals surface area contributed by atoms with Gasteiger partial charge in [-0.15, -0.1) is 0 Å². The van der Waals surface area contributed by atoms with Crippen LogP contribution in [0.15, 0.2) is 18.2 Å². The zero-order valence-electron chi connectivity index (χ0n) is 18.2. The number of hydrogen-bond donors (Lipinski definition) is 2. The van der Waals surface area contributed by atoms with Crippen molar-refractivity contribution in [3.05, 3.63) is 23.8 Å². The molecule has 3 N–H and O–H groups in total. The monoisotopic (exact) mass is 457 g/mol. The molecule has 0 saturated carbocycles. The summed E-state index contributed by atoms with van der Waals surface area (Å²) in [6.45, 7) is 4.71. The first-order valence-corrected chi connectivity index (χ1v) is 9.63. The summed E-state index contributed by atoms with van der Waals surface area (Å²) in [5, 5.41) is 9.66. The number of benzene rings is 1. The van der Waals surface area contributed by atoms with Gasteiger partial charge in [0.2, 0.25) is 0 Å². The molecule has 1 aromatic carbocycles. The maximum atomic E-state index is 11.9. The Morgan fingerprint density at radius 1 is 1.00 bits per heavy atom. The fourth-order valence-corrected chi connectivity index (χ4v) is 2.67. The Kier molecular flexibility index (Phi) is 10.2. The number of carbonyl (C=O) groups excluding carboxylic acids is 3. The van der Waals surface area contributed by atoms with Crippen LogP contribution in [0.2, 0.25) is 0 Å². The van der Waals surface area contributed by atoms with Crippen LogP contribution in [0.4, 0.5) is 14.4 Å². The summed E-state index contributed by atoms with van der Waals surface area (Å²) in [6.07, 6.45) is -4.42. The molecule has 0 bridgehead atoms. The molecule has 2 atom stereocenters. The van der Waals surface area contributed by atoms with Crippen molar-refractivity contribution in [2.24, 2.45) is 5.73 Å². The van der Waals surface area contributed by atoms with E-state index in [1.165, 1.54) is 25.1 Å². The summed E-state index contributed by atoms with van der Waals surface area (Å²) in [7, 11) is 1.12. The lowest BCUT2D eigenvalue weighted by atomic mass is 9.86. The average Bonchev–Trinajstić information content (AvgIpc) is 2.69. The number of carboxylic acid groups (broad SMARTS) is 1. The van der Waals surface area contributed by atoms with Gasteiger partial charge in [-0.2, -0.15) is 0 Å². The van der Waals surface area contributed by atoms with Crippen LogP contribution in [-0.4, -0.2) is 61.5 Å². The molecule has 0 radical (unpaired) electrons. The molecule has 1 rings (SSSR count). The van der Waals surface area contributed by atoms with Gasteiger partial charge < -0.3 is 39.3 Å². The molecular formula is C20H27NO11. The highest BCUT2D eigenvalue weighted by Gasteiger charge is 2.37. The van der Waals surface area contributed by atoms with Crippen LogP contribution in [0.5, 0.6) is 11.5 Å². The highest BCUT2D eigenvalue weighted by molar-refractivity contribution is 5.79. The molecule has 0 aromatic heterocycles. The Labute approximate surface area is 184 Å². The molecule has 0 aliphatic rings. The fourth-order valence-electron chi connectivity index (χ4n) is 2.67.